The van der Waals surface area contributed by atoms with Crippen LogP contribution in [0.25, 0.3) is 5.69 Å². The van der Waals surface area contributed by atoms with Crippen molar-refractivity contribution in [3.63, 3.8) is 0 Å². The molecule has 144 valence electrons. The molecule has 2 fully saturated rings. The van der Waals surface area contributed by atoms with Gasteiger partial charge < -0.3 is 9.64 Å². The van der Waals surface area contributed by atoms with Gasteiger partial charge in [-0.3, -0.25) is 14.3 Å². The molecular weight excluding hydrogens is 362 g/mol. The molecule has 2 saturated heterocycles. The van der Waals surface area contributed by atoms with E-state index in [9.17, 15) is 4.79 Å². The van der Waals surface area contributed by atoms with Crippen molar-refractivity contribution >= 4 is 17.7 Å². The number of ether oxygens (including phenoxy) is 1. The van der Waals surface area contributed by atoms with Crippen LogP contribution in [-0.4, -0.2) is 75.6 Å². The number of benzene rings is 1. The van der Waals surface area contributed by atoms with Crippen LogP contribution in [0.5, 0.6) is 0 Å². The minimum atomic E-state index is 0.190. The average Bonchev–Trinajstić information content (AvgIpc) is 3.38. The molecule has 0 N–H and O–H groups in total. The fourth-order valence-corrected chi connectivity index (χ4v) is 4.35. The zero-order valence-electron chi connectivity index (χ0n) is 15.4. The van der Waals surface area contributed by atoms with Gasteiger partial charge in [0.1, 0.15) is 0 Å². The van der Waals surface area contributed by atoms with Crippen molar-refractivity contribution < 1.29 is 9.53 Å². The van der Waals surface area contributed by atoms with Gasteiger partial charge in [-0.25, -0.2) is 0 Å². The van der Waals surface area contributed by atoms with Gasteiger partial charge in [0.2, 0.25) is 5.91 Å². The molecule has 4 rings (SSSR count). The lowest BCUT2D eigenvalue weighted by molar-refractivity contribution is -0.127. The number of thioether (sulfide) groups is 1. The van der Waals surface area contributed by atoms with Gasteiger partial charge in [0.05, 0.1) is 25.5 Å². The first-order valence-corrected chi connectivity index (χ1v) is 10.5. The quantitative estimate of drug-likeness (QED) is 0.705. The molecule has 7 nitrogen and oxygen atoms in total. The molecule has 2 aliphatic heterocycles. The third kappa shape index (κ3) is 4.51. The summed E-state index contributed by atoms with van der Waals surface area (Å²) < 4.78 is 7.52. The Morgan fingerprint density at radius 3 is 2.52 bits per heavy atom. The smallest absolute Gasteiger partial charge is 0.233 e. The van der Waals surface area contributed by atoms with Gasteiger partial charge in [-0.15, -0.1) is 10.2 Å². The highest BCUT2D eigenvalue weighted by Crippen LogP contribution is 2.24. The van der Waals surface area contributed by atoms with Gasteiger partial charge in [0.15, 0.2) is 11.0 Å². The summed E-state index contributed by atoms with van der Waals surface area (Å²) in [5, 5.41) is 9.63. The number of para-hydroxylation sites is 1. The summed E-state index contributed by atoms with van der Waals surface area (Å²) in [6, 6.07) is 10.1. The van der Waals surface area contributed by atoms with Gasteiger partial charge >= 0.3 is 0 Å². The van der Waals surface area contributed by atoms with Crippen LogP contribution < -0.4 is 0 Å². The highest BCUT2D eigenvalue weighted by atomic mass is 32.2. The molecule has 0 saturated carbocycles. The van der Waals surface area contributed by atoms with Crippen molar-refractivity contribution in [2.75, 3.05) is 45.1 Å². The van der Waals surface area contributed by atoms with Gasteiger partial charge in [-0.2, -0.15) is 0 Å². The lowest BCUT2D eigenvalue weighted by Gasteiger charge is -2.26. The van der Waals surface area contributed by atoms with E-state index in [4.69, 9.17) is 4.74 Å². The van der Waals surface area contributed by atoms with E-state index in [-0.39, 0.29) is 5.91 Å². The Kier molecular flexibility index (Phi) is 6.06. The van der Waals surface area contributed by atoms with E-state index in [1.807, 2.05) is 23.1 Å². The first-order chi connectivity index (χ1) is 13.3. The van der Waals surface area contributed by atoms with Crippen LogP contribution in [0, 0.1) is 0 Å². The Hall–Kier alpha value is -1.90. The Bertz CT molecular complexity index is 755. The second-order valence-electron chi connectivity index (χ2n) is 6.83. The van der Waals surface area contributed by atoms with Crippen LogP contribution in [0.2, 0.25) is 0 Å². The minimum absolute atomic E-state index is 0.190. The molecule has 0 bridgehead atoms. The summed E-state index contributed by atoms with van der Waals surface area (Å²) in [5.74, 6) is 1.50. The van der Waals surface area contributed by atoms with Gasteiger partial charge in [0.25, 0.3) is 0 Å². The highest BCUT2D eigenvalue weighted by molar-refractivity contribution is 7.99. The van der Waals surface area contributed by atoms with Crippen molar-refractivity contribution in [3.05, 3.63) is 36.2 Å². The fraction of sp³-hybridized carbons (Fsp3) is 0.526. The standard InChI is InChI=1S/C19H25N5O2S/c25-18(23-8-4-5-9-23)15-27-19-21-20-17(14-22-10-12-26-13-11-22)24(19)16-6-2-1-3-7-16/h1-3,6-7H,4-5,8-15H2. The summed E-state index contributed by atoms with van der Waals surface area (Å²) in [6.45, 7) is 5.80. The maximum atomic E-state index is 12.4. The number of likely N-dealkylation sites (tertiary alicyclic amines) is 1. The van der Waals surface area contributed by atoms with Crippen LogP contribution >= 0.6 is 11.8 Å². The predicted octanol–water partition coefficient (Wildman–Crippen LogP) is 1.81. The molecule has 0 radical (unpaired) electrons. The molecule has 1 amide bonds. The monoisotopic (exact) mass is 387 g/mol. The summed E-state index contributed by atoms with van der Waals surface area (Å²) >= 11 is 1.47. The number of hydrogen-bond donors (Lipinski definition) is 0. The zero-order valence-corrected chi connectivity index (χ0v) is 16.2. The molecule has 0 aliphatic carbocycles. The van der Waals surface area contributed by atoms with E-state index in [0.717, 1.165) is 75.4 Å². The minimum Gasteiger partial charge on any atom is -0.379 e. The van der Waals surface area contributed by atoms with Crippen molar-refractivity contribution in [3.8, 4) is 5.69 Å². The third-order valence-corrected chi connectivity index (χ3v) is 5.88. The number of aromatic nitrogens is 3. The molecule has 3 heterocycles. The van der Waals surface area contributed by atoms with Gasteiger partial charge in [-0.05, 0) is 25.0 Å². The number of rotatable bonds is 6. The summed E-state index contributed by atoms with van der Waals surface area (Å²) in [4.78, 5) is 16.7. The second-order valence-corrected chi connectivity index (χ2v) is 7.78. The van der Waals surface area contributed by atoms with Crippen molar-refractivity contribution in [2.45, 2.75) is 24.5 Å². The number of nitrogens with zero attached hydrogens (tertiary/aromatic N) is 5. The van der Waals surface area contributed by atoms with Crippen LogP contribution in [0.3, 0.4) is 0 Å². The van der Waals surface area contributed by atoms with E-state index in [1.165, 1.54) is 11.8 Å². The number of carbonyl (C=O) groups is 1. The Labute approximate surface area is 163 Å². The molecule has 2 aromatic rings. The third-order valence-electron chi connectivity index (χ3n) is 4.97. The lowest BCUT2D eigenvalue weighted by Crippen LogP contribution is -2.36. The Balaban J connectivity index is 1.52. The molecule has 8 heteroatoms. The number of amides is 1. The van der Waals surface area contributed by atoms with Crippen LogP contribution in [0.15, 0.2) is 35.5 Å². The maximum absolute atomic E-state index is 12.4. The average molecular weight is 388 g/mol. The molecule has 1 aromatic carbocycles. The van der Waals surface area contributed by atoms with Crippen LogP contribution in [0.1, 0.15) is 18.7 Å². The van der Waals surface area contributed by atoms with E-state index < -0.39 is 0 Å². The van der Waals surface area contributed by atoms with Crippen LogP contribution in [-0.2, 0) is 16.1 Å². The Morgan fingerprint density at radius 2 is 1.78 bits per heavy atom. The predicted molar refractivity (Wildman–Crippen MR) is 104 cm³/mol. The normalized spacial score (nSPS) is 18.1. The van der Waals surface area contributed by atoms with E-state index in [1.54, 1.807) is 0 Å². The fourth-order valence-electron chi connectivity index (χ4n) is 3.48. The summed E-state index contributed by atoms with van der Waals surface area (Å²) in [7, 11) is 0. The zero-order chi connectivity index (χ0) is 18.5. The number of hydrogen-bond acceptors (Lipinski definition) is 6. The number of morpholine rings is 1. The van der Waals surface area contributed by atoms with E-state index in [2.05, 4.69) is 31.8 Å². The SMILES string of the molecule is O=C(CSc1nnc(CN2CCOCC2)n1-c1ccccc1)N1CCCC1. The first-order valence-electron chi connectivity index (χ1n) is 9.51. The molecule has 0 unspecified atom stereocenters. The van der Waals surface area contributed by atoms with Crippen LogP contribution in [0.4, 0.5) is 0 Å². The van der Waals surface area contributed by atoms with Crippen molar-refractivity contribution in [2.24, 2.45) is 0 Å². The molecule has 1 aromatic heterocycles. The highest BCUT2D eigenvalue weighted by Gasteiger charge is 2.22. The number of carbonyl (C=O) groups excluding carboxylic acids is 1. The Morgan fingerprint density at radius 1 is 1.04 bits per heavy atom. The van der Waals surface area contributed by atoms with E-state index in [0.29, 0.717) is 5.75 Å². The molecule has 0 spiro atoms. The summed E-state index contributed by atoms with van der Waals surface area (Å²) in [5.41, 5.74) is 1.03. The second kappa shape index (κ2) is 8.86. The molecule has 2 aliphatic rings. The molecule has 0 atom stereocenters. The van der Waals surface area contributed by atoms with Gasteiger partial charge in [0, 0.05) is 31.9 Å². The van der Waals surface area contributed by atoms with Crippen molar-refractivity contribution in [1.82, 2.24) is 24.6 Å². The molecule has 27 heavy (non-hydrogen) atoms. The topological polar surface area (TPSA) is 63.5 Å². The lowest BCUT2D eigenvalue weighted by atomic mass is 10.3. The maximum Gasteiger partial charge on any atom is 0.233 e. The summed E-state index contributed by atoms with van der Waals surface area (Å²) in [6.07, 6.45) is 2.22. The van der Waals surface area contributed by atoms with E-state index >= 15 is 0 Å². The van der Waals surface area contributed by atoms with Crippen molar-refractivity contribution in [1.29, 1.82) is 0 Å². The largest absolute Gasteiger partial charge is 0.379 e. The molecular formula is C19H25N5O2S. The first kappa shape index (κ1) is 18.5. The van der Waals surface area contributed by atoms with Gasteiger partial charge in [-0.1, -0.05) is 30.0 Å².